The van der Waals surface area contributed by atoms with E-state index in [0.29, 0.717) is 13.1 Å². The SMILES string of the molecule is CCCCCCCCNC(=O)C(=O)NCc1cnn(C)c1. The fraction of sp³-hybridized carbons (Fsp3) is 0.667. The largest absolute Gasteiger partial charge is 0.348 e. The Kier molecular flexibility index (Phi) is 8.16. The average Bonchev–Trinajstić information content (AvgIpc) is 2.89. The molecule has 0 aliphatic heterocycles. The van der Waals surface area contributed by atoms with Crippen molar-refractivity contribution in [2.75, 3.05) is 6.54 Å². The number of carbonyl (C=O) groups excluding carboxylic acids is 2. The molecule has 0 aromatic carbocycles. The molecule has 1 heterocycles. The third kappa shape index (κ3) is 7.48. The molecule has 6 nitrogen and oxygen atoms in total. The van der Waals surface area contributed by atoms with Gasteiger partial charge in [-0.2, -0.15) is 5.10 Å². The summed E-state index contributed by atoms with van der Waals surface area (Å²) >= 11 is 0. The van der Waals surface area contributed by atoms with Gasteiger partial charge in [0.05, 0.1) is 6.20 Å². The average molecular weight is 294 g/mol. The van der Waals surface area contributed by atoms with Crippen LogP contribution in [-0.2, 0) is 23.2 Å². The second-order valence-corrected chi connectivity index (χ2v) is 5.23. The van der Waals surface area contributed by atoms with E-state index in [-0.39, 0.29) is 0 Å². The minimum atomic E-state index is -0.593. The Hall–Kier alpha value is -1.85. The quantitative estimate of drug-likeness (QED) is 0.535. The molecule has 1 rings (SSSR count). The van der Waals surface area contributed by atoms with Gasteiger partial charge in [0.2, 0.25) is 0 Å². The maximum absolute atomic E-state index is 11.6. The lowest BCUT2D eigenvalue weighted by molar-refractivity contribution is -0.139. The molecule has 0 unspecified atom stereocenters. The van der Waals surface area contributed by atoms with Crippen molar-refractivity contribution >= 4 is 11.8 Å². The van der Waals surface area contributed by atoms with E-state index in [1.807, 2.05) is 0 Å². The molecular formula is C15H26N4O2. The van der Waals surface area contributed by atoms with Crippen molar-refractivity contribution < 1.29 is 9.59 Å². The summed E-state index contributed by atoms with van der Waals surface area (Å²) in [5, 5.41) is 9.22. The molecule has 118 valence electrons. The number of carbonyl (C=O) groups is 2. The minimum Gasteiger partial charge on any atom is -0.348 e. The molecule has 0 spiro atoms. The first-order chi connectivity index (χ1) is 10.1. The van der Waals surface area contributed by atoms with Crippen LogP contribution in [0.3, 0.4) is 0 Å². The maximum Gasteiger partial charge on any atom is 0.309 e. The Morgan fingerprint density at radius 3 is 2.43 bits per heavy atom. The van der Waals surface area contributed by atoms with Gasteiger partial charge >= 0.3 is 11.8 Å². The van der Waals surface area contributed by atoms with Crippen LogP contribution >= 0.6 is 0 Å². The van der Waals surface area contributed by atoms with Gasteiger partial charge in [-0.15, -0.1) is 0 Å². The van der Waals surface area contributed by atoms with Gasteiger partial charge in [0.25, 0.3) is 0 Å². The number of aryl methyl sites for hydroxylation is 1. The molecule has 2 amide bonds. The summed E-state index contributed by atoms with van der Waals surface area (Å²) in [4.78, 5) is 23.1. The molecule has 0 radical (unpaired) electrons. The highest BCUT2D eigenvalue weighted by Gasteiger charge is 2.12. The molecular weight excluding hydrogens is 268 g/mol. The third-order valence-corrected chi connectivity index (χ3v) is 3.23. The van der Waals surface area contributed by atoms with Crippen molar-refractivity contribution in [1.29, 1.82) is 0 Å². The second kappa shape index (κ2) is 9.96. The van der Waals surface area contributed by atoms with Crippen LogP contribution in [0.5, 0.6) is 0 Å². The number of aromatic nitrogens is 2. The van der Waals surface area contributed by atoms with E-state index < -0.39 is 11.8 Å². The van der Waals surface area contributed by atoms with Gasteiger partial charge in [0.1, 0.15) is 0 Å². The molecule has 0 saturated heterocycles. The van der Waals surface area contributed by atoms with Gasteiger partial charge in [0, 0.05) is 31.9 Å². The number of rotatable bonds is 9. The Morgan fingerprint density at radius 1 is 1.10 bits per heavy atom. The molecule has 1 aromatic heterocycles. The lowest BCUT2D eigenvalue weighted by Gasteiger charge is -2.05. The predicted octanol–water partition coefficient (Wildman–Crippen LogP) is 1.51. The molecule has 0 bridgehead atoms. The lowest BCUT2D eigenvalue weighted by Crippen LogP contribution is -2.39. The standard InChI is InChI=1S/C15H26N4O2/c1-3-4-5-6-7-8-9-16-14(20)15(21)17-10-13-11-18-19(2)12-13/h11-12H,3-10H2,1-2H3,(H,16,20)(H,17,21). The molecule has 2 N–H and O–H groups in total. The first-order valence-corrected chi connectivity index (χ1v) is 7.67. The fourth-order valence-corrected chi connectivity index (χ4v) is 2.01. The van der Waals surface area contributed by atoms with Crippen molar-refractivity contribution in [2.24, 2.45) is 7.05 Å². The molecule has 1 aromatic rings. The Morgan fingerprint density at radius 2 is 1.76 bits per heavy atom. The maximum atomic E-state index is 11.6. The normalized spacial score (nSPS) is 10.4. The third-order valence-electron chi connectivity index (χ3n) is 3.23. The summed E-state index contributed by atoms with van der Waals surface area (Å²) in [6.07, 6.45) is 10.4. The number of hydrogen-bond acceptors (Lipinski definition) is 3. The van der Waals surface area contributed by atoms with E-state index in [4.69, 9.17) is 0 Å². The van der Waals surface area contributed by atoms with Crippen LogP contribution in [0.2, 0.25) is 0 Å². The lowest BCUT2D eigenvalue weighted by atomic mass is 10.1. The highest BCUT2D eigenvalue weighted by atomic mass is 16.2. The summed E-state index contributed by atoms with van der Waals surface area (Å²) in [7, 11) is 1.80. The zero-order valence-electron chi connectivity index (χ0n) is 13.0. The van der Waals surface area contributed by atoms with Crippen LogP contribution in [-0.4, -0.2) is 28.1 Å². The van der Waals surface area contributed by atoms with E-state index in [1.54, 1.807) is 24.1 Å². The number of unbranched alkanes of at least 4 members (excludes halogenated alkanes) is 5. The summed E-state index contributed by atoms with van der Waals surface area (Å²) < 4.78 is 1.65. The number of amides is 2. The van der Waals surface area contributed by atoms with Crippen LogP contribution in [0, 0.1) is 0 Å². The number of nitrogens with zero attached hydrogens (tertiary/aromatic N) is 2. The fourth-order valence-electron chi connectivity index (χ4n) is 2.01. The van der Waals surface area contributed by atoms with Gasteiger partial charge in [-0.25, -0.2) is 0 Å². The second-order valence-electron chi connectivity index (χ2n) is 5.23. The summed E-state index contributed by atoms with van der Waals surface area (Å²) in [5.41, 5.74) is 0.870. The van der Waals surface area contributed by atoms with Crippen LogP contribution in [0.25, 0.3) is 0 Å². The Labute approximate surface area is 126 Å². The van der Waals surface area contributed by atoms with Gasteiger partial charge in [-0.3, -0.25) is 14.3 Å². The van der Waals surface area contributed by atoms with Crippen molar-refractivity contribution in [2.45, 2.75) is 52.0 Å². The van der Waals surface area contributed by atoms with Crippen molar-refractivity contribution in [1.82, 2.24) is 20.4 Å². The summed E-state index contributed by atoms with van der Waals surface area (Å²) in [6.45, 7) is 3.06. The molecule has 0 saturated carbocycles. The summed E-state index contributed by atoms with van der Waals surface area (Å²) in [5.74, 6) is -1.16. The van der Waals surface area contributed by atoms with Gasteiger partial charge in [0.15, 0.2) is 0 Å². The molecule has 0 atom stereocenters. The van der Waals surface area contributed by atoms with Crippen molar-refractivity contribution in [3.8, 4) is 0 Å². The van der Waals surface area contributed by atoms with E-state index >= 15 is 0 Å². The van der Waals surface area contributed by atoms with Crippen LogP contribution in [0.4, 0.5) is 0 Å². The number of nitrogens with one attached hydrogen (secondary N) is 2. The van der Waals surface area contributed by atoms with Crippen LogP contribution in [0.15, 0.2) is 12.4 Å². The molecule has 0 aliphatic carbocycles. The zero-order chi connectivity index (χ0) is 15.5. The van der Waals surface area contributed by atoms with E-state index in [1.165, 1.54) is 25.7 Å². The van der Waals surface area contributed by atoms with E-state index in [9.17, 15) is 9.59 Å². The first-order valence-electron chi connectivity index (χ1n) is 7.67. The highest BCUT2D eigenvalue weighted by Crippen LogP contribution is 2.03. The van der Waals surface area contributed by atoms with Gasteiger partial charge in [-0.05, 0) is 6.42 Å². The van der Waals surface area contributed by atoms with Gasteiger partial charge < -0.3 is 10.6 Å². The zero-order valence-corrected chi connectivity index (χ0v) is 13.0. The minimum absolute atomic E-state index is 0.317. The molecule has 0 fully saturated rings. The molecule has 0 aliphatic rings. The monoisotopic (exact) mass is 294 g/mol. The first kappa shape index (κ1) is 17.2. The number of hydrogen-bond donors (Lipinski definition) is 2. The Bertz CT molecular complexity index is 443. The molecule has 6 heteroatoms. The van der Waals surface area contributed by atoms with E-state index in [2.05, 4.69) is 22.7 Å². The topological polar surface area (TPSA) is 76.0 Å². The highest BCUT2D eigenvalue weighted by molar-refractivity contribution is 6.35. The molecule has 21 heavy (non-hydrogen) atoms. The predicted molar refractivity (Wildman–Crippen MR) is 81.4 cm³/mol. The smallest absolute Gasteiger partial charge is 0.309 e. The van der Waals surface area contributed by atoms with Gasteiger partial charge in [-0.1, -0.05) is 39.0 Å². The van der Waals surface area contributed by atoms with Crippen LogP contribution in [0.1, 0.15) is 51.0 Å². The van der Waals surface area contributed by atoms with Crippen molar-refractivity contribution in [3.63, 3.8) is 0 Å². The van der Waals surface area contributed by atoms with Crippen LogP contribution < -0.4 is 10.6 Å². The summed E-state index contributed by atoms with van der Waals surface area (Å²) in [6, 6.07) is 0. The van der Waals surface area contributed by atoms with E-state index in [0.717, 1.165) is 18.4 Å². The Balaban J connectivity index is 2.07. The van der Waals surface area contributed by atoms with Crippen molar-refractivity contribution in [3.05, 3.63) is 18.0 Å².